The molecule has 3 aromatic heterocycles. The average Bonchev–Trinajstić information content (AvgIpc) is 3.08. The molecule has 6 nitrogen and oxygen atoms in total. The molecule has 0 aromatic carbocycles. The highest BCUT2D eigenvalue weighted by atomic mass is 32.1. The van der Waals surface area contributed by atoms with E-state index < -0.39 is 5.54 Å². The fourth-order valence-electron chi connectivity index (χ4n) is 1.79. The van der Waals surface area contributed by atoms with Crippen molar-refractivity contribution in [2.24, 2.45) is 5.73 Å². The second-order valence-corrected chi connectivity index (χ2v) is 6.04. The van der Waals surface area contributed by atoms with Crippen LogP contribution in [0.25, 0.3) is 10.7 Å². The molecule has 0 fully saturated rings. The third kappa shape index (κ3) is 2.50. The zero-order valence-electron chi connectivity index (χ0n) is 11.3. The van der Waals surface area contributed by atoms with Crippen molar-refractivity contribution in [1.29, 1.82) is 0 Å². The van der Waals surface area contributed by atoms with Crippen molar-refractivity contribution in [3.05, 3.63) is 41.6 Å². The Balaban J connectivity index is 1.86. The third-order valence-corrected chi connectivity index (χ3v) is 3.67. The lowest BCUT2D eigenvalue weighted by Crippen LogP contribution is -2.30. The summed E-state index contributed by atoms with van der Waals surface area (Å²) in [5, 5.41) is 5.94. The SMILES string of the molecule is CC(C)(N)c1noc(Cn2ccnc2-c2cccs2)n1. The van der Waals surface area contributed by atoms with E-state index in [1.54, 1.807) is 17.5 Å². The number of imidazole rings is 1. The van der Waals surface area contributed by atoms with Gasteiger partial charge in [0.2, 0.25) is 5.89 Å². The molecule has 0 bridgehead atoms. The number of hydrogen-bond acceptors (Lipinski definition) is 6. The van der Waals surface area contributed by atoms with Gasteiger partial charge in [-0.3, -0.25) is 0 Å². The number of nitrogens with zero attached hydrogens (tertiary/aromatic N) is 4. The van der Waals surface area contributed by atoms with Crippen LogP contribution < -0.4 is 5.73 Å². The van der Waals surface area contributed by atoms with E-state index in [9.17, 15) is 0 Å². The van der Waals surface area contributed by atoms with Crippen LogP contribution in [0.5, 0.6) is 0 Å². The minimum absolute atomic E-state index is 0.482. The quantitative estimate of drug-likeness (QED) is 0.796. The minimum atomic E-state index is -0.604. The number of aromatic nitrogens is 4. The van der Waals surface area contributed by atoms with Gasteiger partial charge in [-0.1, -0.05) is 11.2 Å². The Kier molecular flexibility index (Phi) is 3.15. The third-order valence-electron chi connectivity index (χ3n) is 2.81. The van der Waals surface area contributed by atoms with E-state index >= 15 is 0 Å². The van der Waals surface area contributed by atoms with Crippen molar-refractivity contribution in [3.63, 3.8) is 0 Å². The van der Waals surface area contributed by atoms with Crippen molar-refractivity contribution >= 4 is 11.3 Å². The summed E-state index contributed by atoms with van der Waals surface area (Å²) in [7, 11) is 0. The predicted octanol–water partition coefficient (Wildman–Crippen LogP) is 2.24. The number of rotatable bonds is 4. The average molecular weight is 289 g/mol. The van der Waals surface area contributed by atoms with E-state index in [-0.39, 0.29) is 0 Å². The molecule has 0 amide bonds. The van der Waals surface area contributed by atoms with Crippen LogP contribution >= 0.6 is 11.3 Å². The zero-order valence-corrected chi connectivity index (χ0v) is 12.1. The van der Waals surface area contributed by atoms with Gasteiger partial charge in [-0.15, -0.1) is 11.3 Å². The van der Waals surface area contributed by atoms with Crippen LogP contribution in [-0.2, 0) is 12.1 Å². The lowest BCUT2D eigenvalue weighted by Gasteiger charge is -2.11. The van der Waals surface area contributed by atoms with Gasteiger partial charge in [0, 0.05) is 12.4 Å². The Morgan fingerprint density at radius 3 is 2.95 bits per heavy atom. The van der Waals surface area contributed by atoms with E-state index in [4.69, 9.17) is 10.3 Å². The van der Waals surface area contributed by atoms with Gasteiger partial charge in [-0.05, 0) is 25.3 Å². The Morgan fingerprint density at radius 2 is 2.30 bits per heavy atom. The maximum Gasteiger partial charge on any atom is 0.246 e. The molecule has 0 unspecified atom stereocenters. The molecule has 104 valence electrons. The fourth-order valence-corrected chi connectivity index (χ4v) is 2.53. The van der Waals surface area contributed by atoms with E-state index in [1.165, 1.54) is 0 Å². The first-order valence-electron chi connectivity index (χ1n) is 6.21. The summed E-state index contributed by atoms with van der Waals surface area (Å²) < 4.78 is 7.23. The normalized spacial score (nSPS) is 11.9. The second kappa shape index (κ2) is 4.84. The minimum Gasteiger partial charge on any atom is -0.337 e. The molecule has 3 rings (SSSR count). The number of thiophene rings is 1. The molecule has 20 heavy (non-hydrogen) atoms. The van der Waals surface area contributed by atoms with E-state index in [0.29, 0.717) is 18.3 Å². The van der Waals surface area contributed by atoms with E-state index in [0.717, 1.165) is 10.7 Å². The van der Waals surface area contributed by atoms with Crippen LogP contribution in [0.2, 0.25) is 0 Å². The highest BCUT2D eigenvalue weighted by Gasteiger charge is 2.21. The zero-order chi connectivity index (χ0) is 14.2. The number of hydrogen-bond donors (Lipinski definition) is 1. The van der Waals surface area contributed by atoms with Crippen LogP contribution in [-0.4, -0.2) is 19.7 Å². The molecule has 0 radical (unpaired) electrons. The van der Waals surface area contributed by atoms with Crippen LogP contribution in [0.4, 0.5) is 0 Å². The molecule has 0 aliphatic carbocycles. The second-order valence-electron chi connectivity index (χ2n) is 5.09. The molecule has 0 aliphatic rings. The van der Waals surface area contributed by atoms with Crippen LogP contribution in [0, 0.1) is 0 Å². The van der Waals surface area contributed by atoms with Gasteiger partial charge in [0.15, 0.2) is 5.82 Å². The monoisotopic (exact) mass is 289 g/mol. The van der Waals surface area contributed by atoms with Crippen LogP contribution in [0.1, 0.15) is 25.6 Å². The van der Waals surface area contributed by atoms with Gasteiger partial charge in [0.05, 0.1) is 10.4 Å². The first kappa shape index (κ1) is 13.0. The van der Waals surface area contributed by atoms with Crippen molar-refractivity contribution in [3.8, 4) is 10.7 Å². The molecule has 2 N–H and O–H groups in total. The molecule has 0 saturated carbocycles. The van der Waals surface area contributed by atoms with Gasteiger partial charge in [0.1, 0.15) is 12.4 Å². The smallest absolute Gasteiger partial charge is 0.246 e. The molecule has 0 spiro atoms. The van der Waals surface area contributed by atoms with E-state index in [2.05, 4.69) is 15.1 Å². The van der Waals surface area contributed by atoms with Gasteiger partial charge >= 0.3 is 0 Å². The van der Waals surface area contributed by atoms with Crippen LogP contribution in [0.3, 0.4) is 0 Å². The fraction of sp³-hybridized carbons (Fsp3) is 0.308. The largest absolute Gasteiger partial charge is 0.337 e. The predicted molar refractivity (Wildman–Crippen MR) is 76.2 cm³/mol. The van der Waals surface area contributed by atoms with Gasteiger partial charge in [-0.2, -0.15) is 4.98 Å². The first-order valence-corrected chi connectivity index (χ1v) is 7.09. The lowest BCUT2D eigenvalue weighted by atomic mass is 10.1. The van der Waals surface area contributed by atoms with Crippen molar-refractivity contribution in [2.75, 3.05) is 0 Å². The van der Waals surface area contributed by atoms with Crippen molar-refractivity contribution < 1.29 is 4.52 Å². The lowest BCUT2D eigenvalue weighted by molar-refractivity contribution is 0.355. The summed E-state index contributed by atoms with van der Waals surface area (Å²) in [5.74, 6) is 1.92. The maximum absolute atomic E-state index is 5.95. The molecule has 7 heteroatoms. The number of nitrogens with two attached hydrogens (primary N) is 1. The van der Waals surface area contributed by atoms with Gasteiger partial charge in [-0.25, -0.2) is 4.98 Å². The van der Waals surface area contributed by atoms with Crippen molar-refractivity contribution in [2.45, 2.75) is 25.9 Å². The highest BCUT2D eigenvalue weighted by Crippen LogP contribution is 2.23. The Morgan fingerprint density at radius 1 is 1.45 bits per heavy atom. The molecule has 3 heterocycles. The van der Waals surface area contributed by atoms with Gasteiger partial charge in [0.25, 0.3) is 0 Å². The summed E-state index contributed by atoms with van der Waals surface area (Å²) in [5.41, 5.74) is 5.34. The van der Waals surface area contributed by atoms with E-state index in [1.807, 2.05) is 42.1 Å². The standard InChI is InChI=1S/C13H15N5OS/c1-13(2,14)12-16-10(19-17-12)8-18-6-5-15-11(18)9-4-3-7-20-9/h3-7H,8,14H2,1-2H3. The summed E-state index contributed by atoms with van der Waals surface area (Å²) in [4.78, 5) is 9.81. The summed E-state index contributed by atoms with van der Waals surface area (Å²) in [6.07, 6.45) is 3.66. The molecule has 3 aromatic rings. The van der Waals surface area contributed by atoms with Crippen molar-refractivity contribution in [1.82, 2.24) is 19.7 Å². The molecule has 0 saturated heterocycles. The van der Waals surface area contributed by atoms with Crippen LogP contribution in [0.15, 0.2) is 34.4 Å². The Bertz CT molecular complexity index is 692. The topological polar surface area (TPSA) is 82.8 Å². The Hall–Kier alpha value is -1.99. The van der Waals surface area contributed by atoms with Gasteiger partial charge < -0.3 is 14.8 Å². The summed E-state index contributed by atoms with van der Waals surface area (Å²) >= 11 is 1.64. The summed E-state index contributed by atoms with van der Waals surface area (Å²) in [6, 6.07) is 4.03. The highest BCUT2D eigenvalue weighted by molar-refractivity contribution is 7.13. The first-order chi connectivity index (χ1) is 9.54. The Labute approximate surface area is 120 Å². The molecular formula is C13H15N5OS. The molecular weight excluding hydrogens is 274 g/mol. The maximum atomic E-state index is 5.95. The summed E-state index contributed by atoms with van der Waals surface area (Å²) in [6.45, 7) is 4.17. The molecule has 0 aliphatic heterocycles. The molecule has 0 atom stereocenters.